The fraction of sp³-hybridized carbons (Fsp3) is 0.562. The third-order valence-electron chi connectivity index (χ3n) is 3.27. The number of hydrogen-bond acceptors (Lipinski definition) is 3. The van der Waals surface area contributed by atoms with E-state index in [-0.39, 0.29) is 11.9 Å². The van der Waals surface area contributed by atoms with Gasteiger partial charge >= 0.3 is 0 Å². The molecule has 0 bridgehead atoms. The number of benzene rings is 1. The lowest BCUT2D eigenvalue weighted by atomic mass is 10.0. The first-order valence-corrected chi connectivity index (χ1v) is 7.22. The summed E-state index contributed by atoms with van der Waals surface area (Å²) in [5.41, 5.74) is 7.04. The Morgan fingerprint density at radius 1 is 1.30 bits per heavy atom. The normalized spacial score (nSPS) is 14.1. The SMILES string of the molecule is CCOCC(NC(=O)[C@@H](N)Cc1ccccc1)C(C)C. The Balaban J connectivity index is 2.50. The van der Waals surface area contributed by atoms with Gasteiger partial charge in [-0.3, -0.25) is 4.79 Å². The number of nitrogens with one attached hydrogen (secondary N) is 1. The maximum absolute atomic E-state index is 12.1. The van der Waals surface area contributed by atoms with Crippen LogP contribution in [0, 0.1) is 5.92 Å². The molecule has 1 rings (SSSR count). The summed E-state index contributed by atoms with van der Waals surface area (Å²) in [5, 5.41) is 2.98. The van der Waals surface area contributed by atoms with Crippen LogP contribution >= 0.6 is 0 Å². The van der Waals surface area contributed by atoms with E-state index >= 15 is 0 Å². The third-order valence-corrected chi connectivity index (χ3v) is 3.27. The molecule has 1 aromatic carbocycles. The van der Waals surface area contributed by atoms with Crippen LogP contribution in [0.2, 0.25) is 0 Å². The highest BCUT2D eigenvalue weighted by molar-refractivity contribution is 5.82. The van der Waals surface area contributed by atoms with E-state index in [0.717, 1.165) is 5.56 Å². The van der Waals surface area contributed by atoms with Crippen molar-refractivity contribution >= 4 is 5.91 Å². The summed E-state index contributed by atoms with van der Waals surface area (Å²) in [7, 11) is 0. The van der Waals surface area contributed by atoms with E-state index in [9.17, 15) is 4.79 Å². The Morgan fingerprint density at radius 3 is 2.50 bits per heavy atom. The molecule has 0 aliphatic heterocycles. The number of nitrogens with two attached hydrogens (primary N) is 1. The lowest BCUT2D eigenvalue weighted by Crippen LogP contribution is -2.49. The van der Waals surface area contributed by atoms with Gasteiger partial charge < -0.3 is 15.8 Å². The van der Waals surface area contributed by atoms with E-state index in [4.69, 9.17) is 10.5 Å². The van der Waals surface area contributed by atoms with Crippen molar-refractivity contribution in [2.75, 3.05) is 13.2 Å². The Kier molecular flexibility index (Phi) is 7.26. The molecule has 1 amide bonds. The van der Waals surface area contributed by atoms with E-state index in [2.05, 4.69) is 19.2 Å². The smallest absolute Gasteiger partial charge is 0.237 e. The Hall–Kier alpha value is -1.39. The van der Waals surface area contributed by atoms with Gasteiger partial charge in [0, 0.05) is 6.61 Å². The van der Waals surface area contributed by atoms with Crippen LogP contribution in [0.15, 0.2) is 30.3 Å². The maximum atomic E-state index is 12.1. The summed E-state index contributed by atoms with van der Waals surface area (Å²) < 4.78 is 5.40. The molecule has 0 spiro atoms. The van der Waals surface area contributed by atoms with Crippen molar-refractivity contribution in [2.24, 2.45) is 11.7 Å². The molecule has 4 nitrogen and oxygen atoms in total. The Morgan fingerprint density at radius 2 is 1.95 bits per heavy atom. The van der Waals surface area contributed by atoms with Crippen molar-refractivity contribution in [1.29, 1.82) is 0 Å². The topological polar surface area (TPSA) is 64.3 Å². The zero-order valence-electron chi connectivity index (χ0n) is 12.6. The van der Waals surface area contributed by atoms with Crippen LogP contribution in [-0.4, -0.2) is 31.2 Å². The van der Waals surface area contributed by atoms with Crippen molar-refractivity contribution < 1.29 is 9.53 Å². The summed E-state index contributed by atoms with van der Waals surface area (Å²) >= 11 is 0. The van der Waals surface area contributed by atoms with Crippen LogP contribution in [0.25, 0.3) is 0 Å². The number of carbonyl (C=O) groups is 1. The summed E-state index contributed by atoms with van der Waals surface area (Å²) in [5.74, 6) is 0.196. The molecule has 3 N–H and O–H groups in total. The first-order chi connectivity index (χ1) is 9.54. The molecule has 2 atom stereocenters. The van der Waals surface area contributed by atoms with Crippen molar-refractivity contribution in [1.82, 2.24) is 5.32 Å². The summed E-state index contributed by atoms with van der Waals surface area (Å²) in [4.78, 5) is 12.1. The summed E-state index contributed by atoms with van der Waals surface area (Å²) in [6.45, 7) is 7.24. The minimum absolute atomic E-state index is 0.00396. The molecular formula is C16H26N2O2. The van der Waals surface area contributed by atoms with Gasteiger partial charge in [0.1, 0.15) is 0 Å². The minimum Gasteiger partial charge on any atom is -0.380 e. The summed E-state index contributed by atoms with van der Waals surface area (Å²) in [6.07, 6.45) is 0.548. The highest BCUT2D eigenvalue weighted by Gasteiger charge is 2.20. The van der Waals surface area contributed by atoms with Gasteiger partial charge in [-0.25, -0.2) is 0 Å². The number of hydrogen-bond donors (Lipinski definition) is 2. The van der Waals surface area contributed by atoms with Gasteiger partial charge in [0.25, 0.3) is 0 Å². The molecule has 0 saturated carbocycles. The average Bonchev–Trinajstić information content (AvgIpc) is 2.43. The van der Waals surface area contributed by atoms with Crippen molar-refractivity contribution in [2.45, 2.75) is 39.3 Å². The lowest BCUT2D eigenvalue weighted by molar-refractivity contribution is -0.123. The number of amides is 1. The quantitative estimate of drug-likeness (QED) is 0.761. The number of carbonyl (C=O) groups excluding carboxylic acids is 1. The molecule has 0 radical (unpaired) electrons. The van der Waals surface area contributed by atoms with E-state index < -0.39 is 6.04 Å². The van der Waals surface area contributed by atoms with Crippen molar-refractivity contribution in [3.63, 3.8) is 0 Å². The van der Waals surface area contributed by atoms with Gasteiger partial charge in [0.2, 0.25) is 5.91 Å². The Bertz CT molecular complexity index is 393. The lowest BCUT2D eigenvalue weighted by Gasteiger charge is -2.24. The molecule has 4 heteroatoms. The van der Waals surface area contributed by atoms with Gasteiger partial charge in [0.05, 0.1) is 18.7 Å². The highest BCUT2D eigenvalue weighted by Crippen LogP contribution is 2.05. The molecule has 20 heavy (non-hydrogen) atoms. The van der Waals surface area contributed by atoms with Crippen LogP contribution in [0.5, 0.6) is 0 Å². The van der Waals surface area contributed by atoms with E-state index in [0.29, 0.717) is 25.6 Å². The monoisotopic (exact) mass is 278 g/mol. The predicted molar refractivity (Wildman–Crippen MR) is 81.4 cm³/mol. The van der Waals surface area contributed by atoms with Crippen molar-refractivity contribution in [3.8, 4) is 0 Å². The van der Waals surface area contributed by atoms with Gasteiger partial charge in [-0.2, -0.15) is 0 Å². The zero-order chi connectivity index (χ0) is 15.0. The number of rotatable bonds is 8. The predicted octanol–water partition coefficient (Wildman–Crippen LogP) is 1.73. The largest absolute Gasteiger partial charge is 0.380 e. The van der Waals surface area contributed by atoms with Gasteiger partial charge in [-0.15, -0.1) is 0 Å². The second-order valence-electron chi connectivity index (χ2n) is 5.31. The molecule has 112 valence electrons. The Labute approximate surface area is 121 Å². The zero-order valence-corrected chi connectivity index (χ0v) is 12.6. The first kappa shape index (κ1) is 16.7. The van der Waals surface area contributed by atoms with E-state index in [1.165, 1.54) is 0 Å². The molecule has 0 saturated heterocycles. The van der Waals surface area contributed by atoms with Crippen LogP contribution in [0.3, 0.4) is 0 Å². The van der Waals surface area contributed by atoms with Crippen LogP contribution < -0.4 is 11.1 Å². The second-order valence-corrected chi connectivity index (χ2v) is 5.31. The molecule has 1 aromatic rings. The van der Waals surface area contributed by atoms with Crippen LogP contribution in [-0.2, 0) is 16.0 Å². The van der Waals surface area contributed by atoms with Gasteiger partial charge in [-0.05, 0) is 24.8 Å². The molecule has 1 unspecified atom stereocenters. The number of ether oxygens (including phenoxy) is 1. The molecule has 0 aromatic heterocycles. The van der Waals surface area contributed by atoms with Gasteiger partial charge in [0.15, 0.2) is 0 Å². The molecule has 0 fully saturated rings. The molecule has 0 aliphatic carbocycles. The standard InChI is InChI=1S/C16H26N2O2/c1-4-20-11-15(12(2)3)18-16(19)14(17)10-13-8-6-5-7-9-13/h5-9,12,14-15H,4,10-11,17H2,1-3H3,(H,18,19)/t14-,15?/m0/s1. The molecular weight excluding hydrogens is 252 g/mol. The molecule has 0 aliphatic rings. The summed E-state index contributed by atoms with van der Waals surface area (Å²) in [6, 6.07) is 9.29. The highest BCUT2D eigenvalue weighted by atomic mass is 16.5. The van der Waals surface area contributed by atoms with Crippen LogP contribution in [0.1, 0.15) is 26.3 Å². The first-order valence-electron chi connectivity index (χ1n) is 7.22. The average molecular weight is 278 g/mol. The fourth-order valence-corrected chi connectivity index (χ4v) is 1.90. The second kappa shape index (κ2) is 8.72. The minimum atomic E-state index is -0.528. The van der Waals surface area contributed by atoms with Crippen molar-refractivity contribution in [3.05, 3.63) is 35.9 Å². The maximum Gasteiger partial charge on any atom is 0.237 e. The van der Waals surface area contributed by atoms with E-state index in [1.807, 2.05) is 37.3 Å². The fourth-order valence-electron chi connectivity index (χ4n) is 1.90. The van der Waals surface area contributed by atoms with Crippen LogP contribution in [0.4, 0.5) is 0 Å². The third kappa shape index (κ3) is 5.72. The van der Waals surface area contributed by atoms with E-state index in [1.54, 1.807) is 0 Å². The molecule has 0 heterocycles. The van der Waals surface area contributed by atoms with Gasteiger partial charge in [-0.1, -0.05) is 44.2 Å².